The summed E-state index contributed by atoms with van der Waals surface area (Å²) >= 11 is 0. The summed E-state index contributed by atoms with van der Waals surface area (Å²) in [6.45, 7) is 4.05. The van der Waals surface area contributed by atoms with Crippen LogP contribution in [0.25, 0.3) is 0 Å². The van der Waals surface area contributed by atoms with Crippen LogP contribution in [0.15, 0.2) is 36.5 Å². The van der Waals surface area contributed by atoms with Crippen LogP contribution in [-0.2, 0) is 19.1 Å². The van der Waals surface area contributed by atoms with Gasteiger partial charge in [-0.3, -0.25) is 9.59 Å². The number of rotatable bonds is 31. The highest BCUT2D eigenvalue weighted by Gasteiger charge is 2.15. The largest absolute Gasteiger partial charge is 0.462 e. The van der Waals surface area contributed by atoms with Gasteiger partial charge in [0.15, 0.2) is 6.10 Å². The molecule has 0 radical (unpaired) electrons. The SMILES string of the molecule is CCCCC/C=C\C/C=C\CCCCCCCC(=O)OCC(CO)OC(=O)CC/C=C\CCCCCCCCCCC. The summed E-state index contributed by atoms with van der Waals surface area (Å²) in [7, 11) is 0. The first-order chi connectivity index (χ1) is 20.6. The van der Waals surface area contributed by atoms with Crippen molar-refractivity contribution in [2.45, 2.75) is 174 Å². The van der Waals surface area contributed by atoms with Crippen LogP contribution in [0.4, 0.5) is 0 Å². The Labute approximate surface area is 259 Å². The number of carbonyl (C=O) groups is 2. The van der Waals surface area contributed by atoms with Crippen molar-refractivity contribution in [1.29, 1.82) is 0 Å². The van der Waals surface area contributed by atoms with Gasteiger partial charge in [-0.15, -0.1) is 0 Å². The van der Waals surface area contributed by atoms with Crippen molar-refractivity contribution in [3.05, 3.63) is 36.5 Å². The first kappa shape index (κ1) is 40.1. The van der Waals surface area contributed by atoms with Gasteiger partial charge in [0.05, 0.1) is 6.61 Å². The molecular formula is C37H66O5. The second-order valence-electron chi connectivity index (χ2n) is 11.6. The van der Waals surface area contributed by atoms with Crippen molar-refractivity contribution < 1.29 is 24.2 Å². The van der Waals surface area contributed by atoms with Crippen LogP contribution < -0.4 is 0 Å². The maximum Gasteiger partial charge on any atom is 0.306 e. The fourth-order valence-electron chi connectivity index (χ4n) is 4.72. The van der Waals surface area contributed by atoms with Gasteiger partial charge in [-0.05, 0) is 57.8 Å². The average Bonchev–Trinajstić information content (AvgIpc) is 2.99. The standard InChI is InChI=1S/C37H66O5/c1-3-5-7-9-11-13-15-17-18-20-21-23-25-27-29-31-36(39)41-34-35(33-38)42-37(40)32-30-28-26-24-22-19-16-14-12-10-8-6-4-2/h11,13,17-18,26,28,35,38H,3-10,12,14-16,19-25,27,29-34H2,1-2H3/b13-11-,18-17-,28-26-. The number of aliphatic hydroxyl groups excluding tert-OH is 1. The minimum absolute atomic E-state index is 0.0875. The molecule has 0 aromatic carbocycles. The molecule has 0 aliphatic heterocycles. The average molecular weight is 591 g/mol. The Balaban J connectivity index is 3.65. The summed E-state index contributed by atoms with van der Waals surface area (Å²) in [6, 6.07) is 0. The van der Waals surface area contributed by atoms with Crippen LogP contribution in [0.1, 0.15) is 168 Å². The molecule has 0 aliphatic rings. The van der Waals surface area contributed by atoms with E-state index in [0.717, 1.165) is 38.5 Å². The van der Waals surface area contributed by atoms with E-state index < -0.39 is 6.10 Å². The Morgan fingerprint density at radius 1 is 0.548 bits per heavy atom. The fraction of sp³-hybridized carbons (Fsp3) is 0.784. The third kappa shape index (κ3) is 31.1. The molecule has 42 heavy (non-hydrogen) atoms. The van der Waals surface area contributed by atoms with Gasteiger partial charge in [0.25, 0.3) is 0 Å². The van der Waals surface area contributed by atoms with Crippen LogP contribution in [0.2, 0.25) is 0 Å². The number of allylic oxidation sites excluding steroid dienone is 6. The Morgan fingerprint density at radius 3 is 1.57 bits per heavy atom. The number of ether oxygens (including phenoxy) is 2. The molecule has 0 aromatic rings. The van der Waals surface area contributed by atoms with Crippen LogP contribution in [0.5, 0.6) is 0 Å². The molecule has 0 rings (SSSR count). The van der Waals surface area contributed by atoms with Gasteiger partial charge in [0.2, 0.25) is 0 Å². The van der Waals surface area contributed by atoms with Crippen LogP contribution in [-0.4, -0.2) is 36.4 Å². The Bertz CT molecular complexity index is 682. The Kier molecular flexibility index (Phi) is 32.1. The topological polar surface area (TPSA) is 72.8 Å². The van der Waals surface area contributed by atoms with Crippen LogP contribution in [0.3, 0.4) is 0 Å². The van der Waals surface area contributed by atoms with Crippen molar-refractivity contribution >= 4 is 11.9 Å². The highest BCUT2D eigenvalue weighted by Crippen LogP contribution is 2.12. The van der Waals surface area contributed by atoms with Crippen molar-refractivity contribution in [1.82, 2.24) is 0 Å². The van der Waals surface area contributed by atoms with Gasteiger partial charge in [0, 0.05) is 12.8 Å². The maximum atomic E-state index is 12.1. The van der Waals surface area contributed by atoms with E-state index in [9.17, 15) is 14.7 Å². The molecule has 0 saturated heterocycles. The number of unbranched alkanes of at least 4 members (excludes halogenated alkanes) is 17. The molecule has 0 saturated carbocycles. The zero-order valence-corrected chi connectivity index (χ0v) is 27.5. The van der Waals surface area contributed by atoms with E-state index in [0.29, 0.717) is 12.8 Å². The molecule has 0 heterocycles. The lowest BCUT2D eigenvalue weighted by Gasteiger charge is -2.15. The molecule has 5 nitrogen and oxygen atoms in total. The number of hydrogen-bond donors (Lipinski definition) is 1. The van der Waals surface area contributed by atoms with Gasteiger partial charge in [-0.25, -0.2) is 0 Å². The van der Waals surface area contributed by atoms with Gasteiger partial charge in [0.1, 0.15) is 6.61 Å². The normalized spacial score (nSPS) is 12.5. The summed E-state index contributed by atoms with van der Waals surface area (Å²) in [5, 5.41) is 9.50. The van der Waals surface area contributed by atoms with E-state index in [1.54, 1.807) is 0 Å². The molecular weight excluding hydrogens is 524 g/mol. The van der Waals surface area contributed by atoms with Crippen LogP contribution in [0, 0.1) is 0 Å². The predicted molar refractivity (Wildman–Crippen MR) is 178 cm³/mol. The van der Waals surface area contributed by atoms with E-state index >= 15 is 0 Å². The highest BCUT2D eigenvalue weighted by atomic mass is 16.6. The smallest absolute Gasteiger partial charge is 0.306 e. The minimum atomic E-state index is -0.794. The molecule has 0 fully saturated rings. The highest BCUT2D eigenvalue weighted by molar-refractivity contribution is 5.70. The van der Waals surface area contributed by atoms with Gasteiger partial charge >= 0.3 is 11.9 Å². The molecule has 0 spiro atoms. The van der Waals surface area contributed by atoms with E-state index in [4.69, 9.17) is 9.47 Å². The van der Waals surface area contributed by atoms with E-state index in [-0.39, 0.29) is 31.6 Å². The second kappa shape index (κ2) is 33.6. The molecule has 0 bridgehead atoms. The quantitative estimate of drug-likeness (QED) is 0.0494. The zero-order chi connectivity index (χ0) is 30.8. The summed E-state index contributed by atoms with van der Waals surface area (Å²) in [5.74, 6) is -0.666. The van der Waals surface area contributed by atoms with E-state index in [1.165, 1.54) is 96.3 Å². The molecule has 1 N–H and O–H groups in total. The molecule has 1 atom stereocenters. The predicted octanol–water partition coefficient (Wildman–Crippen LogP) is 10.5. The molecule has 244 valence electrons. The lowest BCUT2D eigenvalue weighted by atomic mass is 10.1. The Morgan fingerprint density at radius 2 is 1.00 bits per heavy atom. The minimum Gasteiger partial charge on any atom is -0.462 e. The summed E-state index contributed by atoms with van der Waals surface area (Å²) in [5.41, 5.74) is 0. The first-order valence-electron chi connectivity index (χ1n) is 17.5. The lowest BCUT2D eigenvalue weighted by molar-refractivity contribution is -0.161. The number of carbonyl (C=O) groups excluding carboxylic acids is 2. The number of aliphatic hydroxyl groups is 1. The molecule has 0 aromatic heterocycles. The molecule has 0 aliphatic carbocycles. The summed E-state index contributed by atoms with van der Waals surface area (Å²) in [4.78, 5) is 24.1. The maximum absolute atomic E-state index is 12.1. The third-order valence-electron chi connectivity index (χ3n) is 7.42. The fourth-order valence-corrected chi connectivity index (χ4v) is 4.72. The number of hydrogen-bond acceptors (Lipinski definition) is 5. The van der Waals surface area contributed by atoms with Gasteiger partial charge < -0.3 is 14.6 Å². The lowest BCUT2D eigenvalue weighted by Crippen LogP contribution is -2.28. The Hall–Kier alpha value is -1.88. The van der Waals surface area contributed by atoms with Gasteiger partial charge in [-0.2, -0.15) is 0 Å². The molecule has 1 unspecified atom stereocenters. The van der Waals surface area contributed by atoms with Crippen molar-refractivity contribution in [3.63, 3.8) is 0 Å². The van der Waals surface area contributed by atoms with E-state index in [1.807, 2.05) is 6.08 Å². The van der Waals surface area contributed by atoms with Gasteiger partial charge in [-0.1, -0.05) is 134 Å². The first-order valence-corrected chi connectivity index (χ1v) is 17.5. The number of esters is 2. The summed E-state index contributed by atoms with van der Waals surface area (Å²) < 4.78 is 10.5. The summed E-state index contributed by atoms with van der Waals surface area (Å²) in [6.07, 6.45) is 39.2. The third-order valence-corrected chi connectivity index (χ3v) is 7.42. The molecule has 0 amide bonds. The van der Waals surface area contributed by atoms with Crippen LogP contribution >= 0.6 is 0 Å². The van der Waals surface area contributed by atoms with Crippen molar-refractivity contribution in [3.8, 4) is 0 Å². The zero-order valence-electron chi connectivity index (χ0n) is 27.5. The molecule has 5 heteroatoms. The van der Waals surface area contributed by atoms with Crippen molar-refractivity contribution in [2.24, 2.45) is 0 Å². The van der Waals surface area contributed by atoms with E-state index in [2.05, 4.69) is 44.2 Å². The monoisotopic (exact) mass is 590 g/mol. The van der Waals surface area contributed by atoms with Crippen molar-refractivity contribution in [2.75, 3.05) is 13.2 Å². The second-order valence-corrected chi connectivity index (χ2v) is 11.6.